The van der Waals surface area contributed by atoms with E-state index in [-0.39, 0.29) is 28.0 Å². The molecular weight excluding hydrogens is 549 g/mol. The lowest BCUT2D eigenvalue weighted by molar-refractivity contribution is 0.0334. The number of hydrogen-bond donors (Lipinski definition) is 2. The van der Waals surface area contributed by atoms with Crippen LogP contribution in [0.15, 0.2) is 24.4 Å². The van der Waals surface area contributed by atoms with E-state index in [9.17, 15) is 10.1 Å². The first-order valence-corrected chi connectivity index (χ1v) is 17.6. The average Bonchev–Trinajstić information content (AvgIpc) is 3.31. The minimum Gasteiger partial charge on any atom is -0.408 e. The molecule has 0 bridgehead atoms. The summed E-state index contributed by atoms with van der Waals surface area (Å²) < 4.78 is 26.7. The van der Waals surface area contributed by atoms with E-state index in [1.165, 1.54) is 0 Å². The number of benzene rings is 1. The summed E-state index contributed by atoms with van der Waals surface area (Å²) in [6.45, 7) is 21.6. The van der Waals surface area contributed by atoms with Gasteiger partial charge in [0.05, 0.1) is 30.2 Å². The Morgan fingerprint density at radius 3 is 2.50 bits per heavy atom. The maximum absolute atomic E-state index is 12.4. The second kappa shape index (κ2) is 11.8. The number of anilines is 2. The van der Waals surface area contributed by atoms with Crippen LogP contribution in [0.4, 0.5) is 11.5 Å². The molecule has 12 heteroatoms. The molecule has 1 amide bonds. The van der Waals surface area contributed by atoms with Gasteiger partial charge < -0.3 is 29.5 Å². The van der Waals surface area contributed by atoms with Crippen molar-refractivity contribution < 1.29 is 23.3 Å². The summed E-state index contributed by atoms with van der Waals surface area (Å²) in [6, 6.07) is 7.97. The van der Waals surface area contributed by atoms with E-state index >= 15 is 0 Å². The van der Waals surface area contributed by atoms with Crippen LogP contribution in [-0.2, 0) is 24.1 Å². The van der Waals surface area contributed by atoms with Gasteiger partial charge in [-0.05, 0) is 61.6 Å². The smallest absolute Gasteiger partial charge is 0.408 e. The molecule has 228 valence electrons. The molecule has 0 spiro atoms. The van der Waals surface area contributed by atoms with Crippen molar-refractivity contribution in [2.75, 3.05) is 31.7 Å². The third-order valence-corrected chi connectivity index (χ3v) is 13.2. The van der Waals surface area contributed by atoms with Crippen LogP contribution in [0.5, 0.6) is 0 Å². The molecular formula is C30H46BN5O5Si. The van der Waals surface area contributed by atoms with Gasteiger partial charge in [0.1, 0.15) is 5.56 Å². The lowest BCUT2D eigenvalue weighted by Gasteiger charge is -2.44. The second-order valence-electron chi connectivity index (χ2n) is 14.3. The average molecular weight is 596 g/mol. The lowest BCUT2D eigenvalue weighted by Crippen LogP contribution is -2.52. The maximum atomic E-state index is 12.4. The Kier molecular flexibility index (Phi) is 9.03. The Hall–Kier alpha value is -2.69. The van der Waals surface area contributed by atoms with Crippen LogP contribution in [0.3, 0.4) is 0 Å². The molecule has 2 saturated heterocycles. The summed E-state index contributed by atoms with van der Waals surface area (Å²) in [5, 5.41) is 17.6. The number of primary amides is 1. The molecule has 2 atom stereocenters. The van der Waals surface area contributed by atoms with Crippen molar-refractivity contribution in [1.29, 1.82) is 5.26 Å². The molecule has 2 aromatic rings. The molecule has 3 heterocycles. The number of carbonyl (C=O) groups excluding carboxylic acids is 1. The molecule has 3 N–H and O–H groups in total. The van der Waals surface area contributed by atoms with Gasteiger partial charge in [0.15, 0.2) is 14.1 Å². The first-order valence-electron chi connectivity index (χ1n) is 14.7. The summed E-state index contributed by atoms with van der Waals surface area (Å²) in [5.41, 5.74) is 7.78. The van der Waals surface area contributed by atoms with E-state index in [1.807, 2.05) is 18.2 Å². The number of nitrogens with one attached hydrogen (secondary N) is 1. The highest BCUT2D eigenvalue weighted by Crippen LogP contribution is 2.42. The zero-order valence-corrected chi connectivity index (χ0v) is 27.5. The largest absolute Gasteiger partial charge is 0.494 e. The van der Waals surface area contributed by atoms with Crippen LogP contribution in [0.25, 0.3) is 0 Å². The number of nitrogens with two attached hydrogens (primary N) is 1. The van der Waals surface area contributed by atoms with Crippen molar-refractivity contribution >= 4 is 38.3 Å². The number of carbonyl (C=O) groups is 1. The second-order valence-corrected chi connectivity index (χ2v) is 19.0. The molecule has 1 aromatic carbocycles. The minimum atomic E-state index is -2.13. The molecule has 0 saturated carbocycles. The number of rotatable bonds is 8. The predicted molar refractivity (Wildman–Crippen MR) is 166 cm³/mol. The van der Waals surface area contributed by atoms with Crippen LogP contribution in [0.1, 0.15) is 76.9 Å². The number of ether oxygens (including phenoxy) is 1. The predicted octanol–water partition coefficient (Wildman–Crippen LogP) is 4.85. The fraction of sp³-hybridized carbons (Fsp3) is 0.633. The van der Waals surface area contributed by atoms with E-state index in [0.29, 0.717) is 44.4 Å². The normalized spacial score (nSPS) is 21.6. The van der Waals surface area contributed by atoms with Crippen molar-refractivity contribution in [3.63, 3.8) is 0 Å². The van der Waals surface area contributed by atoms with Gasteiger partial charge in [0.25, 0.3) is 5.91 Å². The maximum Gasteiger partial charge on any atom is 0.494 e. The summed E-state index contributed by atoms with van der Waals surface area (Å²) in [7, 11) is -2.71. The molecule has 2 aliphatic heterocycles. The first-order chi connectivity index (χ1) is 19.4. The molecule has 2 aliphatic rings. The summed E-state index contributed by atoms with van der Waals surface area (Å²) >= 11 is 0. The van der Waals surface area contributed by atoms with E-state index in [4.69, 9.17) is 24.2 Å². The zero-order valence-electron chi connectivity index (χ0n) is 26.5. The zero-order chi connectivity index (χ0) is 31.1. The van der Waals surface area contributed by atoms with Gasteiger partial charge in [-0.1, -0.05) is 40.7 Å². The monoisotopic (exact) mass is 595 g/mol. The van der Waals surface area contributed by atoms with E-state index < -0.39 is 26.9 Å². The number of nitrogens with zero attached hydrogens (tertiary/aromatic N) is 3. The third kappa shape index (κ3) is 6.92. The van der Waals surface area contributed by atoms with Crippen molar-refractivity contribution in [1.82, 2.24) is 9.78 Å². The Labute approximate surface area is 251 Å². The standard InChI is InChI=1S/C30H46BN5O5Si/c1-28(2,3)42(8,9)41-30(6,7)23-11-10-21(14-24(23)31-39-18-29(4,5)19-40-31)34-27-22(26(33)37)16-36(35-27)25-17-38-13-12-20(25)15-32/h10-11,14,16,20,25H,12-13,17-19H2,1-9H3,(H2,33,37)(H,34,35)/t20-,25?/m0/s1. The van der Waals surface area contributed by atoms with Gasteiger partial charge in [-0.25, -0.2) is 0 Å². The Bertz CT molecular complexity index is 1340. The van der Waals surface area contributed by atoms with Crippen molar-refractivity contribution in [2.24, 2.45) is 17.1 Å². The third-order valence-electron chi connectivity index (χ3n) is 8.61. The summed E-state index contributed by atoms with van der Waals surface area (Å²) in [4.78, 5) is 12.4. The van der Waals surface area contributed by atoms with Crippen LogP contribution in [0, 0.1) is 22.7 Å². The van der Waals surface area contributed by atoms with Crippen LogP contribution < -0.4 is 16.5 Å². The van der Waals surface area contributed by atoms with E-state index in [0.717, 1.165) is 11.0 Å². The van der Waals surface area contributed by atoms with Gasteiger partial charge in [0, 0.05) is 37.1 Å². The molecule has 1 unspecified atom stereocenters. The summed E-state index contributed by atoms with van der Waals surface area (Å²) in [6.07, 6.45) is 2.20. The van der Waals surface area contributed by atoms with Crippen LogP contribution in [0.2, 0.25) is 18.1 Å². The minimum absolute atomic E-state index is 0.0334. The fourth-order valence-corrected chi connectivity index (χ4v) is 6.90. The highest BCUT2D eigenvalue weighted by molar-refractivity contribution is 6.74. The molecule has 0 aliphatic carbocycles. The van der Waals surface area contributed by atoms with Gasteiger partial charge in [-0.2, -0.15) is 10.4 Å². The molecule has 10 nitrogen and oxygen atoms in total. The Morgan fingerprint density at radius 1 is 1.24 bits per heavy atom. The van der Waals surface area contributed by atoms with Crippen molar-refractivity contribution in [3.8, 4) is 6.07 Å². The van der Waals surface area contributed by atoms with Gasteiger partial charge in [0.2, 0.25) is 0 Å². The van der Waals surface area contributed by atoms with Gasteiger partial charge >= 0.3 is 7.12 Å². The Balaban J connectivity index is 1.72. The van der Waals surface area contributed by atoms with Crippen LogP contribution in [-0.4, -0.2) is 57.6 Å². The Morgan fingerprint density at radius 2 is 1.90 bits per heavy atom. The topological polar surface area (TPSA) is 134 Å². The van der Waals surface area contributed by atoms with Crippen LogP contribution >= 0.6 is 0 Å². The SMILES string of the molecule is CC1(C)COB(c2cc(Nc3nn(C4COCC[C@H]4C#N)cc3C(N)=O)ccc2C(C)(C)O[Si](C)(C)C(C)(C)C)OC1. The highest BCUT2D eigenvalue weighted by Gasteiger charge is 2.44. The van der Waals surface area contributed by atoms with E-state index in [2.05, 4.69) is 78.0 Å². The van der Waals surface area contributed by atoms with Crippen molar-refractivity contribution in [3.05, 3.63) is 35.5 Å². The quantitative estimate of drug-likeness (QED) is 0.414. The summed E-state index contributed by atoms with van der Waals surface area (Å²) in [5.74, 6) is -0.575. The number of nitriles is 1. The molecule has 4 rings (SSSR count). The lowest BCUT2D eigenvalue weighted by atomic mass is 9.70. The van der Waals surface area contributed by atoms with Gasteiger partial charge in [-0.3, -0.25) is 9.48 Å². The van der Waals surface area contributed by atoms with Gasteiger partial charge in [-0.15, -0.1) is 0 Å². The molecule has 2 fully saturated rings. The molecule has 1 aromatic heterocycles. The number of aromatic nitrogens is 2. The fourth-order valence-electron chi connectivity index (χ4n) is 5.21. The first kappa shape index (κ1) is 32.2. The van der Waals surface area contributed by atoms with E-state index in [1.54, 1.807) is 10.9 Å². The number of hydrogen-bond acceptors (Lipinski definition) is 8. The van der Waals surface area contributed by atoms with Crippen molar-refractivity contribution in [2.45, 2.75) is 84.7 Å². The molecule has 0 radical (unpaired) electrons. The number of amides is 1. The highest BCUT2D eigenvalue weighted by atomic mass is 28.4. The molecule has 42 heavy (non-hydrogen) atoms.